The van der Waals surface area contributed by atoms with Crippen LogP contribution in [0.3, 0.4) is 0 Å². The van der Waals surface area contributed by atoms with Crippen LogP contribution in [0.2, 0.25) is 0 Å². The van der Waals surface area contributed by atoms with Crippen LogP contribution in [0, 0.1) is 18.6 Å². The summed E-state index contributed by atoms with van der Waals surface area (Å²) in [6.07, 6.45) is 0. The predicted octanol–water partition coefficient (Wildman–Crippen LogP) is 0.815. The van der Waals surface area contributed by atoms with Gasteiger partial charge in [-0.3, -0.25) is 0 Å². The van der Waals surface area contributed by atoms with Crippen molar-refractivity contribution in [2.45, 2.75) is 6.92 Å². The van der Waals surface area contributed by atoms with Crippen LogP contribution in [0.25, 0.3) is 0 Å². The molecule has 1 aromatic carbocycles. The average molecular weight is 331 g/mol. The molecule has 7 heteroatoms. The number of carbonyl (C=O) groups is 1. The van der Waals surface area contributed by atoms with E-state index in [0.29, 0.717) is 13.0 Å². The minimum atomic E-state index is -1.10. The third kappa shape index (κ3) is 2.94. The molecule has 2 rings (SSSR count). The molecule has 0 aliphatic rings. The molecule has 0 aliphatic heterocycles. The monoisotopic (exact) mass is 331 g/mol. The van der Waals surface area contributed by atoms with Gasteiger partial charge < -0.3 is 0 Å². The molecular formula is C11H8AsF2NO2S. The zero-order chi connectivity index (χ0) is 13.3. The summed E-state index contributed by atoms with van der Waals surface area (Å²) in [6, 6.07) is 3.28. The molecule has 18 heavy (non-hydrogen) atoms. The summed E-state index contributed by atoms with van der Waals surface area (Å²) >= 11 is 0.174. The van der Waals surface area contributed by atoms with E-state index in [1.807, 2.05) is 0 Å². The van der Waals surface area contributed by atoms with E-state index in [1.54, 1.807) is 6.92 Å². The molecule has 0 saturated carbocycles. The molecule has 94 valence electrons. The van der Waals surface area contributed by atoms with Gasteiger partial charge in [0, 0.05) is 0 Å². The van der Waals surface area contributed by atoms with Crippen LogP contribution in [0.1, 0.15) is 15.5 Å². The molecular weight excluding hydrogens is 323 g/mol. The van der Waals surface area contributed by atoms with E-state index in [2.05, 4.69) is 4.98 Å². The van der Waals surface area contributed by atoms with Gasteiger partial charge in [-0.1, -0.05) is 0 Å². The second-order valence-electron chi connectivity index (χ2n) is 3.50. The summed E-state index contributed by atoms with van der Waals surface area (Å²) in [5.74, 6) is -2.39. The van der Waals surface area contributed by atoms with Crippen LogP contribution < -0.4 is 8.02 Å². The third-order valence-corrected chi connectivity index (χ3v) is 6.20. The van der Waals surface area contributed by atoms with Crippen molar-refractivity contribution in [1.82, 2.24) is 4.98 Å². The Morgan fingerprint density at radius 2 is 1.94 bits per heavy atom. The van der Waals surface area contributed by atoms with Gasteiger partial charge in [0.15, 0.2) is 0 Å². The number of hydrogen-bond donors (Lipinski definition) is 1. The van der Waals surface area contributed by atoms with Crippen LogP contribution in [0.15, 0.2) is 18.2 Å². The molecule has 0 amide bonds. The van der Waals surface area contributed by atoms with E-state index in [4.69, 9.17) is 5.11 Å². The van der Waals surface area contributed by atoms with E-state index in [-0.39, 0.29) is 5.69 Å². The van der Waals surface area contributed by atoms with Crippen molar-refractivity contribution in [3.8, 4) is 0 Å². The van der Waals surface area contributed by atoms with E-state index in [0.717, 1.165) is 6.07 Å². The third-order valence-electron chi connectivity index (χ3n) is 2.06. The fourth-order valence-corrected chi connectivity index (χ4v) is 6.01. The Labute approximate surface area is 112 Å². The summed E-state index contributed by atoms with van der Waals surface area (Å²) in [7, 11) is 0. The average Bonchev–Trinajstić information content (AvgIpc) is 2.57. The zero-order valence-corrected chi connectivity index (χ0v) is 12.1. The van der Waals surface area contributed by atoms with Crippen molar-refractivity contribution < 1.29 is 18.7 Å². The van der Waals surface area contributed by atoms with E-state index < -0.39 is 33.4 Å². The van der Waals surface area contributed by atoms with Crippen LogP contribution in [-0.4, -0.2) is 31.8 Å². The van der Waals surface area contributed by atoms with Gasteiger partial charge in [-0.15, -0.1) is 0 Å². The van der Waals surface area contributed by atoms with Crippen LogP contribution >= 0.6 is 11.3 Å². The quantitative estimate of drug-likeness (QED) is 0.847. The molecule has 3 nitrogen and oxygen atoms in total. The molecule has 0 saturated heterocycles. The maximum absolute atomic E-state index is 13.0. The van der Waals surface area contributed by atoms with Crippen molar-refractivity contribution in [3.05, 3.63) is 40.5 Å². The number of hydrogen-bond acceptors (Lipinski definition) is 3. The van der Waals surface area contributed by atoms with Crippen molar-refractivity contribution >= 4 is 41.1 Å². The molecule has 0 radical (unpaired) electrons. The maximum atomic E-state index is 13.0. The summed E-state index contributed by atoms with van der Waals surface area (Å²) in [6.45, 7) is 1.71. The van der Waals surface area contributed by atoms with Gasteiger partial charge in [-0.25, -0.2) is 0 Å². The number of benzene rings is 1. The standard InChI is InChI=1S/C11H8AsF2NO2S/c1-5-15-9(11(16)17)10(18-5)12-6-2-7(13)4-8(14)3-6/h2-4,12H,1H3,(H,16,17). The van der Waals surface area contributed by atoms with Gasteiger partial charge in [-0.05, 0) is 0 Å². The topological polar surface area (TPSA) is 50.2 Å². The first kappa shape index (κ1) is 13.2. The van der Waals surface area contributed by atoms with Crippen molar-refractivity contribution in [1.29, 1.82) is 0 Å². The fourth-order valence-electron chi connectivity index (χ4n) is 1.41. The van der Waals surface area contributed by atoms with Crippen molar-refractivity contribution in [2.75, 3.05) is 0 Å². The predicted molar refractivity (Wildman–Crippen MR) is 66.6 cm³/mol. The minimum absolute atomic E-state index is 0.00201. The summed E-state index contributed by atoms with van der Waals surface area (Å²) in [4.78, 5) is 14.9. The summed E-state index contributed by atoms with van der Waals surface area (Å²) < 4.78 is 27.2. The van der Waals surface area contributed by atoms with Gasteiger partial charge in [-0.2, -0.15) is 0 Å². The number of rotatable bonds is 3. The van der Waals surface area contributed by atoms with E-state index >= 15 is 0 Å². The Hall–Kier alpha value is -1.26. The molecule has 0 spiro atoms. The molecule has 0 aliphatic carbocycles. The number of aromatic carboxylic acids is 1. The van der Waals surface area contributed by atoms with E-state index in [9.17, 15) is 13.6 Å². The van der Waals surface area contributed by atoms with Crippen LogP contribution in [0.5, 0.6) is 0 Å². The molecule has 0 bridgehead atoms. The van der Waals surface area contributed by atoms with Gasteiger partial charge in [0.05, 0.1) is 0 Å². The zero-order valence-electron chi connectivity index (χ0n) is 9.20. The second kappa shape index (κ2) is 5.16. The number of thiazole rings is 1. The molecule has 1 N–H and O–H groups in total. The summed E-state index contributed by atoms with van der Waals surface area (Å²) in [5, 5.41) is 9.62. The molecule has 1 atom stereocenters. The fraction of sp³-hybridized carbons (Fsp3) is 0.0909. The Kier molecular flexibility index (Phi) is 3.78. The Bertz CT molecular complexity index is 595. The number of carboxylic acids is 1. The molecule has 1 heterocycles. The first-order valence-corrected chi connectivity index (χ1v) is 7.81. The Morgan fingerprint density at radius 3 is 2.50 bits per heavy atom. The first-order valence-electron chi connectivity index (χ1n) is 4.89. The second-order valence-corrected chi connectivity index (χ2v) is 8.25. The summed E-state index contributed by atoms with van der Waals surface area (Å²) in [5.41, 5.74) is 0.00201. The number of aromatic nitrogens is 1. The Morgan fingerprint density at radius 1 is 1.33 bits per heavy atom. The first-order chi connectivity index (χ1) is 8.45. The van der Waals surface area contributed by atoms with Crippen molar-refractivity contribution in [3.63, 3.8) is 0 Å². The van der Waals surface area contributed by atoms with Gasteiger partial charge >= 0.3 is 112 Å². The van der Waals surface area contributed by atoms with Crippen LogP contribution in [-0.2, 0) is 0 Å². The number of aryl methyl sites for hydroxylation is 1. The molecule has 1 unspecified atom stereocenters. The van der Waals surface area contributed by atoms with Gasteiger partial charge in [0.1, 0.15) is 0 Å². The number of nitrogens with zero attached hydrogens (tertiary/aromatic N) is 1. The number of halogens is 2. The number of carboxylic acid groups (broad SMARTS) is 1. The van der Waals surface area contributed by atoms with Crippen LogP contribution in [0.4, 0.5) is 8.78 Å². The Balaban J connectivity index is 2.36. The van der Waals surface area contributed by atoms with Gasteiger partial charge in [0.2, 0.25) is 0 Å². The van der Waals surface area contributed by atoms with Crippen molar-refractivity contribution in [2.24, 2.45) is 0 Å². The normalized spacial score (nSPS) is 11.3. The van der Waals surface area contributed by atoms with Gasteiger partial charge in [0.25, 0.3) is 0 Å². The van der Waals surface area contributed by atoms with E-state index in [1.165, 1.54) is 23.5 Å². The molecule has 1 aromatic heterocycles. The SMILES string of the molecule is Cc1nc(C(=O)O)c([AsH]c2cc(F)cc(F)c2)s1. The molecule has 0 fully saturated rings. The molecule has 2 aromatic rings.